The standard InChI is InChI=1S/C31H34F4N2O3/c1-18(2)25-14-26(28(39-6)15-27(25)32)24-11-10-23(31(33,34)35)13-22(24)17-37-19(3)29(40-30(37)38)21-9-7-8-20(12-21)16-36(4)5/h7-15,18-19,29H,16-17H2,1-6H3/t19-,29-/m0/s1. The highest BCUT2D eigenvalue weighted by atomic mass is 19.4. The van der Waals surface area contributed by atoms with Crippen LogP contribution in [0.1, 0.15) is 60.6 Å². The van der Waals surface area contributed by atoms with Crippen LogP contribution >= 0.6 is 0 Å². The first kappa shape index (κ1) is 29.4. The Bertz CT molecular complexity index is 1390. The van der Waals surface area contributed by atoms with E-state index in [0.717, 1.165) is 23.3 Å². The molecule has 0 aromatic heterocycles. The van der Waals surface area contributed by atoms with E-state index in [1.165, 1.54) is 24.1 Å². The maximum Gasteiger partial charge on any atom is 0.416 e. The molecule has 0 unspecified atom stereocenters. The molecule has 1 aliphatic rings. The van der Waals surface area contributed by atoms with Crippen LogP contribution in [0.5, 0.6) is 5.75 Å². The van der Waals surface area contributed by atoms with Crippen molar-refractivity contribution in [2.45, 2.75) is 58.1 Å². The summed E-state index contributed by atoms with van der Waals surface area (Å²) in [5.74, 6) is -0.434. The molecule has 5 nitrogen and oxygen atoms in total. The van der Waals surface area contributed by atoms with Gasteiger partial charge in [-0.1, -0.05) is 44.2 Å². The van der Waals surface area contributed by atoms with Crippen LogP contribution in [0.15, 0.2) is 54.6 Å². The minimum Gasteiger partial charge on any atom is -0.496 e. The summed E-state index contributed by atoms with van der Waals surface area (Å²) in [7, 11) is 5.30. The topological polar surface area (TPSA) is 42.0 Å². The van der Waals surface area contributed by atoms with Crippen LogP contribution in [-0.2, 0) is 24.0 Å². The number of rotatable bonds is 8. The molecular formula is C31H34F4N2O3. The molecule has 1 fully saturated rings. The molecule has 0 spiro atoms. The Labute approximate surface area is 232 Å². The van der Waals surface area contributed by atoms with Gasteiger partial charge in [0.25, 0.3) is 0 Å². The maximum atomic E-state index is 14.7. The predicted molar refractivity (Wildman–Crippen MR) is 146 cm³/mol. The number of hydrogen-bond donors (Lipinski definition) is 0. The molecule has 0 radical (unpaired) electrons. The van der Waals surface area contributed by atoms with E-state index in [1.807, 2.05) is 64.0 Å². The molecule has 3 aromatic rings. The normalized spacial score (nSPS) is 17.6. The van der Waals surface area contributed by atoms with Crippen molar-refractivity contribution in [1.82, 2.24) is 9.80 Å². The second-order valence-electron chi connectivity index (χ2n) is 10.8. The zero-order valence-corrected chi connectivity index (χ0v) is 23.5. The molecule has 0 aliphatic carbocycles. The van der Waals surface area contributed by atoms with Crippen LogP contribution in [0.4, 0.5) is 22.4 Å². The molecule has 9 heteroatoms. The van der Waals surface area contributed by atoms with Crippen molar-refractivity contribution >= 4 is 6.09 Å². The quantitative estimate of drug-likeness (QED) is 0.265. The van der Waals surface area contributed by atoms with Gasteiger partial charge in [-0.05, 0) is 73.0 Å². The van der Waals surface area contributed by atoms with Crippen LogP contribution in [-0.4, -0.2) is 43.1 Å². The summed E-state index contributed by atoms with van der Waals surface area (Å²) >= 11 is 0. The zero-order valence-electron chi connectivity index (χ0n) is 23.5. The number of carbonyl (C=O) groups excluding carboxylic acids is 1. The predicted octanol–water partition coefficient (Wildman–Crippen LogP) is 7.79. The monoisotopic (exact) mass is 558 g/mol. The number of cyclic esters (lactones) is 1. The number of hydrogen-bond acceptors (Lipinski definition) is 4. The Hall–Kier alpha value is -3.59. The fraction of sp³-hybridized carbons (Fsp3) is 0.387. The average Bonchev–Trinajstić information content (AvgIpc) is 3.16. The number of methoxy groups -OCH3 is 1. The van der Waals surface area contributed by atoms with E-state index >= 15 is 0 Å². The molecular weight excluding hydrogens is 524 g/mol. The van der Waals surface area contributed by atoms with Gasteiger partial charge in [0.05, 0.1) is 25.3 Å². The van der Waals surface area contributed by atoms with E-state index in [1.54, 1.807) is 6.07 Å². The largest absolute Gasteiger partial charge is 0.496 e. The number of halogens is 4. The van der Waals surface area contributed by atoms with Crippen molar-refractivity contribution in [2.24, 2.45) is 0 Å². The summed E-state index contributed by atoms with van der Waals surface area (Å²) < 4.78 is 67.2. The number of ether oxygens (including phenoxy) is 2. The highest BCUT2D eigenvalue weighted by molar-refractivity contribution is 5.76. The van der Waals surface area contributed by atoms with Gasteiger partial charge in [0.2, 0.25) is 0 Å². The molecule has 1 heterocycles. The lowest BCUT2D eigenvalue weighted by molar-refractivity contribution is -0.137. The second-order valence-corrected chi connectivity index (χ2v) is 10.8. The van der Waals surface area contributed by atoms with Gasteiger partial charge in [0.1, 0.15) is 17.7 Å². The van der Waals surface area contributed by atoms with Gasteiger partial charge >= 0.3 is 12.3 Å². The number of amides is 1. The minimum atomic E-state index is -4.59. The lowest BCUT2D eigenvalue weighted by Crippen LogP contribution is -2.31. The fourth-order valence-electron chi connectivity index (χ4n) is 5.13. The summed E-state index contributed by atoms with van der Waals surface area (Å²) in [6, 6.07) is 13.5. The van der Waals surface area contributed by atoms with Crippen molar-refractivity contribution in [3.63, 3.8) is 0 Å². The molecule has 3 aromatic carbocycles. The van der Waals surface area contributed by atoms with Gasteiger partial charge in [0.15, 0.2) is 0 Å². The van der Waals surface area contributed by atoms with E-state index in [-0.39, 0.29) is 23.8 Å². The number of nitrogens with zero attached hydrogens (tertiary/aromatic N) is 2. The lowest BCUT2D eigenvalue weighted by Gasteiger charge is -2.24. The van der Waals surface area contributed by atoms with E-state index in [9.17, 15) is 22.4 Å². The molecule has 1 amide bonds. The van der Waals surface area contributed by atoms with Gasteiger partial charge in [0, 0.05) is 18.2 Å². The summed E-state index contributed by atoms with van der Waals surface area (Å²) in [6.07, 6.45) is -5.79. The SMILES string of the molecule is COc1cc(F)c(C(C)C)cc1-c1ccc(C(F)(F)F)cc1CN1C(=O)O[C@H](c2cccc(CN(C)C)c2)[C@@H]1C. The van der Waals surface area contributed by atoms with Crippen molar-refractivity contribution in [2.75, 3.05) is 21.2 Å². The van der Waals surface area contributed by atoms with E-state index in [2.05, 4.69) is 0 Å². The first-order valence-corrected chi connectivity index (χ1v) is 13.1. The van der Waals surface area contributed by atoms with Crippen LogP contribution in [0.2, 0.25) is 0 Å². The molecule has 4 rings (SSSR count). The van der Waals surface area contributed by atoms with Crippen molar-refractivity contribution in [1.29, 1.82) is 0 Å². The van der Waals surface area contributed by atoms with Gasteiger partial charge in [-0.15, -0.1) is 0 Å². The van der Waals surface area contributed by atoms with Gasteiger partial charge in [-0.2, -0.15) is 13.2 Å². The fourth-order valence-corrected chi connectivity index (χ4v) is 5.13. The second kappa shape index (κ2) is 11.5. The summed E-state index contributed by atoms with van der Waals surface area (Å²) in [5, 5.41) is 0. The number of carbonyl (C=O) groups is 1. The van der Waals surface area contributed by atoms with E-state index in [4.69, 9.17) is 9.47 Å². The molecule has 0 saturated carbocycles. The van der Waals surface area contributed by atoms with Crippen molar-refractivity contribution in [3.05, 3.63) is 88.2 Å². The van der Waals surface area contributed by atoms with E-state index in [0.29, 0.717) is 23.2 Å². The van der Waals surface area contributed by atoms with Crippen LogP contribution in [0.25, 0.3) is 11.1 Å². The minimum absolute atomic E-state index is 0.134. The third-order valence-electron chi connectivity index (χ3n) is 7.17. The molecule has 1 aliphatic heterocycles. The van der Waals surface area contributed by atoms with Crippen LogP contribution in [0, 0.1) is 5.82 Å². The Kier molecular flexibility index (Phi) is 8.44. The van der Waals surface area contributed by atoms with Gasteiger partial charge in [-0.25, -0.2) is 9.18 Å². The Morgan fingerprint density at radius 1 is 1.05 bits per heavy atom. The molecule has 1 saturated heterocycles. The van der Waals surface area contributed by atoms with Crippen LogP contribution < -0.4 is 4.74 Å². The Morgan fingerprint density at radius 3 is 2.40 bits per heavy atom. The van der Waals surface area contributed by atoms with Crippen LogP contribution in [0.3, 0.4) is 0 Å². The third kappa shape index (κ3) is 6.09. The lowest BCUT2D eigenvalue weighted by atomic mass is 9.92. The average molecular weight is 559 g/mol. The first-order valence-electron chi connectivity index (χ1n) is 13.1. The smallest absolute Gasteiger partial charge is 0.416 e. The molecule has 214 valence electrons. The number of benzene rings is 3. The third-order valence-corrected chi connectivity index (χ3v) is 7.17. The molecule has 0 bridgehead atoms. The summed E-state index contributed by atoms with van der Waals surface area (Å²) in [6.45, 7) is 6.05. The van der Waals surface area contributed by atoms with Crippen molar-refractivity contribution in [3.8, 4) is 16.9 Å². The number of alkyl halides is 3. The summed E-state index contributed by atoms with van der Waals surface area (Å²) in [5.41, 5.74) is 2.55. The maximum absolute atomic E-state index is 14.7. The molecule has 40 heavy (non-hydrogen) atoms. The van der Waals surface area contributed by atoms with E-state index < -0.39 is 35.8 Å². The van der Waals surface area contributed by atoms with Gasteiger partial charge in [-0.3, -0.25) is 4.90 Å². The summed E-state index contributed by atoms with van der Waals surface area (Å²) in [4.78, 5) is 16.5. The Balaban J connectivity index is 1.76. The van der Waals surface area contributed by atoms with Gasteiger partial charge < -0.3 is 14.4 Å². The first-order chi connectivity index (χ1) is 18.8. The zero-order chi connectivity index (χ0) is 29.4. The molecule has 0 N–H and O–H groups in total. The van der Waals surface area contributed by atoms with Crippen molar-refractivity contribution < 1.29 is 31.8 Å². The highest BCUT2D eigenvalue weighted by Crippen LogP contribution is 2.41. The Morgan fingerprint density at radius 2 is 1.77 bits per heavy atom. The highest BCUT2D eigenvalue weighted by Gasteiger charge is 2.40. The molecule has 2 atom stereocenters.